The Bertz CT molecular complexity index is 349. The molecule has 4 heteroatoms. The number of nitrogens with two attached hydrogens (primary N) is 1. The summed E-state index contributed by atoms with van der Waals surface area (Å²) in [5.74, 6) is -1.38. The average molecular weight is 195 g/mol. The molecule has 0 aliphatic heterocycles. The molecule has 0 radical (unpaired) electrons. The van der Waals surface area contributed by atoms with Crippen molar-refractivity contribution in [2.45, 2.75) is 19.4 Å². The summed E-state index contributed by atoms with van der Waals surface area (Å²) in [4.78, 5) is 10.6. The maximum atomic E-state index is 10.6. The van der Waals surface area contributed by atoms with E-state index in [0.717, 1.165) is 12.0 Å². The van der Waals surface area contributed by atoms with E-state index in [1.807, 2.05) is 6.92 Å². The predicted octanol–water partition coefficient (Wildman–Crippen LogP) is 1.50. The molecule has 1 rings (SSSR count). The quantitative estimate of drug-likeness (QED) is 0.682. The molecule has 1 aromatic carbocycles. The zero-order chi connectivity index (χ0) is 10.7. The zero-order valence-electron chi connectivity index (χ0n) is 7.90. The molecular weight excluding hydrogens is 182 g/mol. The Morgan fingerprint density at radius 1 is 1.57 bits per heavy atom. The fraction of sp³-hybridized carbons (Fsp3) is 0.300. The monoisotopic (exact) mass is 195 g/mol. The molecule has 1 aromatic rings. The number of aromatic hydroxyl groups is 1. The third-order valence-electron chi connectivity index (χ3n) is 2.12. The van der Waals surface area contributed by atoms with Crippen LogP contribution in [-0.2, 0) is 0 Å². The zero-order valence-corrected chi connectivity index (χ0v) is 7.90. The molecule has 4 N–H and O–H groups in total. The van der Waals surface area contributed by atoms with E-state index in [1.165, 1.54) is 12.1 Å². The van der Waals surface area contributed by atoms with Crippen LogP contribution in [0.3, 0.4) is 0 Å². The maximum Gasteiger partial charge on any atom is 0.339 e. The molecule has 0 saturated heterocycles. The van der Waals surface area contributed by atoms with Crippen molar-refractivity contribution in [2.24, 2.45) is 5.73 Å². The first-order chi connectivity index (χ1) is 6.56. The maximum absolute atomic E-state index is 10.6. The standard InChI is InChI=1S/C10H13NO3/c1-2-8(11)6-3-4-7(10(13)14)9(12)5-6/h3-5,8,12H,2,11H2,1H3,(H,13,14)/t8-/m1/s1. The lowest BCUT2D eigenvalue weighted by Crippen LogP contribution is -2.09. The van der Waals surface area contributed by atoms with Crippen molar-refractivity contribution in [3.63, 3.8) is 0 Å². The third-order valence-corrected chi connectivity index (χ3v) is 2.12. The highest BCUT2D eigenvalue weighted by Crippen LogP contribution is 2.23. The molecule has 0 aliphatic carbocycles. The highest BCUT2D eigenvalue weighted by atomic mass is 16.4. The Hall–Kier alpha value is -1.55. The van der Waals surface area contributed by atoms with Gasteiger partial charge < -0.3 is 15.9 Å². The van der Waals surface area contributed by atoms with Crippen molar-refractivity contribution in [1.29, 1.82) is 0 Å². The Kier molecular flexibility index (Phi) is 3.09. The normalized spacial score (nSPS) is 12.4. The van der Waals surface area contributed by atoms with Crippen LogP contribution in [-0.4, -0.2) is 16.2 Å². The van der Waals surface area contributed by atoms with Gasteiger partial charge in [0.15, 0.2) is 0 Å². The second-order valence-electron chi connectivity index (χ2n) is 3.10. The number of carboxylic acids is 1. The van der Waals surface area contributed by atoms with Gasteiger partial charge in [0, 0.05) is 6.04 Å². The van der Waals surface area contributed by atoms with Gasteiger partial charge in [-0.25, -0.2) is 4.79 Å². The molecular formula is C10H13NO3. The Morgan fingerprint density at radius 3 is 2.64 bits per heavy atom. The first-order valence-electron chi connectivity index (χ1n) is 4.38. The molecule has 0 aromatic heterocycles. The van der Waals surface area contributed by atoms with Crippen molar-refractivity contribution in [1.82, 2.24) is 0 Å². The van der Waals surface area contributed by atoms with Crippen molar-refractivity contribution in [3.05, 3.63) is 29.3 Å². The summed E-state index contributed by atoms with van der Waals surface area (Å²) in [6.07, 6.45) is 0.742. The van der Waals surface area contributed by atoms with Crippen molar-refractivity contribution >= 4 is 5.97 Å². The van der Waals surface area contributed by atoms with Gasteiger partial charge in [0.25, 0.3) is 0 Å². The first-order valence-corrected chi connectivity index (χ1v) is 4.38. The SMILES string of the molecule is CC[C@@H](N)c1ccc(C(=O)O)c(O)c1. The number of rotatable bonds is 3. The summed E-state index contributed by atoms with van der Waals surface area (Å²) in [7, 11) is 0. The molecule has 0 spiro atoms. The molecule has 0 unspecified atom stereocenters. The van der Waals surface area contributed by atoms with E-state index < -0.39 is 5.97 Å². The van der Waals surface area contributed by atoms with Crippen LogP contribution in [0.15, 0.2) is 18.2 Å². The lowest BCUT2D eigenvalue weighted by Gasteiger charge is -2.10. The fourth-order valence-electron chi connectivity index (χ4n) is 1.20. The van der Waals surface area contributed by atoms with Crippen molar-refractivity contribution in [3.8, 4) is 5.75 Å². The van der Waals surface area contributed by atoms with Crippen molar-refractivity contribution in [2.75, 3.05) is 0 Å². The van der Waals surface area contributed by atoms with E-state index in [-0.39, 0.29) is 17.4 Å². The largest absolute Gasteiger partial charge is 0.507 e. The molecule has 1 atom stereocenters. The second kappa shape index (κ2) is 4.11. The molecule has 14 heavy (non-hydrogen) atoms. The first kappa shape index (κ1) is 10.5. The average Bonchev–Trinajstić information content (AvgIpc) is 2.15. The van der Waals surface area contributed by atoms with E-state index in [2.05, 4.69) is 0 Å². The number of phenols is 1. The van der Waals surface area contributed by atoms with Crippen LogP contribution in [0.4, 0.5) is 0 Å². The smallest absolute Gasteiger partial charge is 0.339 e. The minimum Gasteiger partial charge on any atom is -0.507 e. The van der Waals surface area contributed by atoms with E-state index in [0.29, 0.717) is 0 Å². The summed E-state index contributed by atoms with van der Waals surface area (Å²) in [6, 6.07) is 4.22. The number of carbonyl (C=O) groups is 1. The third kappa shape index (κ3) is 2.03. The fourth-order valence-corrected chi connectivity index (χ4v) is 1.20. The number of benzene rings is 1. The summed E-state index contributed by atoms with van der Waals surface area (Å²) in [5.41, 5.74) is 6.38. The van der Waals surface area contributed by atoms with Crippen LogP contribution in [0.5, 0.6) is 5.75 Å². The highest BCUT2D eigenvalue weighted by molar-refractivity contribution is 5.90. The van der Waals surface area contributed by atoms with Crippen LogP contribution >= 0.6 is 0 Å². The van der Waals surface area contributed by atoms with Gasteiger partial charge in [-0.2, -0.15) is 0 Å². The van der Waals surface area contributed by atoms with Crippen LogP contribution < -0.4 is 5.73 Å². The number of aromatic carboxylic acids is 1. The van der Waals surface area contributed by atoms with E-state index in [4.69, 9.17) is 10.8 Å². The van der Waals surface area contributed by atoms with E-state index in [1.54, 1.807) is 6.07 Å². The molecule has 0 amide bonds. The van der Waals surface area contributed by atoms with Crippen molar-refractivity contribution < 1.29 is 15.0 Å². The Labute approximate surface area is 82.0 Å². The van der Waals surface area contributed by atoms with E-state index in [9.17, 15) is 9.90 Å². The van der Waals surface area contributed by atoms with Gasteiger partial charge >= 0.3 is 5.97 Å². The Morgan fingerprint density at radius 2 is 2.21 bits per heavy atom. The van der Waals surface area contributed by atoms with Gasteiger partial charge in [-0.05, 0) is 24.1 Å². The number of hydrogen-bond donors (Lipinski definition) is 3. The minimum atomic E-state index is -1.14. The summed E-state index contributed by atoms with van der Waals surface area (Å²) in [5, 5.41) is 18.0. The van der Waals surface area contributed by atoms with Crippen LogP contribution in [0.25, 0.3) is 0 Å². The predicted molar refractivity (Wildman–Crippen MR) is 52.3 cm³/mol. The van der Waals surface area contributed by atoms with Gasteiger partial charge in [-0.15, -0.1) is 0 Å². The molecule has 0 bridgehead atoms. The minimum absolute atomic E-state index is 0.1000. The lowest BCUT2D eigenvalue weighted by atomic mass is 10.0. The van der Waals surface area contributed by atoms with Gasteiger partial charge in [0.05, 0.1) is 0 Å². The molecule has 0 heterocycles. The summed E-state index contributed by atoms with van der Waals surface area (Å²) in [6.45, 7) is 1.92. The highest BCUT2D eigenvalue weighted by Gasteiger charge is 2.11. The molecule has 4 nitrogen and oxygen atoms in total. The molecule has 76 valence electrons. The van der Waals surface area contributed by atoms with Gasteiger partial charge in [0.1, 0.15) is 11.3 Å². The summed E-state index contributed by atoms with van der Waals surface area (Å²) < 4.78 is 0. The topological polar surface area (TPSA) is 83.6 Å². The Balaban J connectivity index is 3.06. The van der Waals surface area contributed by atoms with Gasteiger partial charge in [-0.3, -0.25) is 0 Å². The molecule has 0 saturated carbocycles. The second-order valence-corrected chi connectivity index (χ2v) is 3.10. The van der Waals surface area contributed by atoms with Crippen LogP contribution in [0.1, 0.15) is 35.3 Å². The van der Waals surface area contributed by atoms with Gasteiger partial charge in [0.2, 0.25) is 0 Å². The lowest BCUT2D eigenvalue weighted by molar-refractivity contribution is 0.0693. The molecule has 0 aliphatic rings. The number of hydrogen-bond acceptors (Lipinski definition) is 3. The molecule has 0 fully saturated rings. The van der Waals surface area contributed by atoms with E-state index >= 15 is 0 Å². The summed E-state index contributed by atoms with van der Waals surface area (Å²) >= 11 is 0. The van der Waals surface area contributed by atoms with Crippen LogP contribution in [0, 0.1) is 0 Å². The van der Waals surface area contributed by atoms with Crippen LogP contribution in [0.2, 0.25) is 0 Å². The van der Waals surface area contributed by atoms with Gasteiger partial charge in [-0.1, -0.05) is 13.0 Å². The number of carboxylic acid groups (broad SMARTS) is 1.